The van der Waals surface area contributed by atoms with Crippen molar-refractivity contribution in [3.63, 3.8) is 0 Å². The van der Waals surface area contributed by atoms with Crippen molar-refractivity contribution in [3.05, 3.63) is 18.1 Å². The lowest BCUT2D eigenvalue weighted by Crippen LogP contribution is -2.33. The normalized spacial score (nSPS) is 19.6. The first-order valence-corrected chi connectivity index (χ1v) is 7.67. The zero-order valence-electron chi connectivity index (χ0n) is 12.8. The maximum atomic E-state index is 12.4. The second-order valence-corrected chi connectivity index (χ2v) is 5.84. The lowest BCUT2D eigenvalue weighted by Gasteiger charge is -2.18. The standard InChI is InChI=1S/C14H19F3N6/c1-2-11-5-12(23-13(21-11)19-9-20-23)18-6-10-3-4-22(7-10)8-14(15,16)17/h5,9-10,18H,2-4,6-8H2,1H3/t10-/m1/s1. The Bertz CT molecular complexity index is 668. The van der Waals surface area contributed by atoms with E-state index in [1.807, 2.05) is 13.0 Å². The fraction of sp³-hybridized carbons (Fsp3) is 0.643. The number of aryl methyl sites for hydroxylation is 1. The van der Waals surface area contributed by atoms with E-state index >= 15 is 0 Å². The minimum atomic E-state index is -4.13. The first kappa shape index (κ1) is 16.0. The number of hydrogen-bond acceptors (Lipinski definition) is 5. The number of halogens is 3. The summed E-state index contributed by atoms with van der Waals surface area (Å²) < 4.78 is 38.9. The number of fused-ring (bicyclic) bond motifs is 1. The van der Waals surface area contributed by atoms with Crippen LogP contribution >= 0.6 is 0 Å². The van der Waals surface area contributed by atoms with E-state index in [1.165, 1.54) is 11.2 Å². The fourth-order valence-corrected chi connectivity index (χ4v) is 2.89. The Morgan fingerprint density at radius 3 is 2.96 bits per heavy atom. The van der Waals surface area contributed by atoms with Crippen LogP contribution in [0.2, 0.25) is 0 Å². The average molecular weight is 328 g/mol. The van der Waals surface area contributed by atoms with Gasteiger partial charge in [-0.05, 0) is 25.3 Å². The highest BCUT2D eigenvalue weighted by Gasteiger charge is 2.34. The van der Waals surface area contributed by atoms with Crippen LogP contribution in [-0.4, -0.2) is 56.8 Å². The number of likely N-dealkylation sites (tertiary alicyclic amines) is 1. The number of hydrogen-bond donors (Lipinski definition) is 1. The summed E-state index contributed by atoms with van der Waals surface area (Å²) in [7, 11) is 0. The summed E-state index contributed by atoms with van der Waals surface area (Å²) in [5.41, 5.74) is 0.901. The quantitative estimate of drug-likeness (QED) is 0.909. The van der Waals surface area contributed by atoms with Gasteiger partial charge >= 0.3 is 6.18 Å². The predicted molar refractivity (Wildman–Crippen MR) is 79.3 cm³/mol. The molecule has 2 aromatic heterocycles. The molecule has 9 heteroatoms. The zero-order valence-corrected chi connectivity index (χ0v) is 12.8. The van der Waals surface area contributed by atoms with Crippen molar-refractivity contribution in [2.24, 2.45) is 5.92 Å². The molecule has 3 rings (SSSR count). The predicted octanol–water partition coefficient (Wildman–Crippen LogP) is 1.98. The smallest absolute Gasteiger partial charge is 0.370 e. The molecule has 6 nitrogen and oxygen atoms in total. The molecule has 0 bridgehead atoms. The van der Waals surface area contributed by atoms with Gasteiger partial charge in [0.05, 0.1) is 6.54 Å². The van der Waals surface area contributed by atoms with Gasteiger partial charge in [-0.1, -0.05) is 6.92 Å². The second kappa shape index (κ2) is 6.31. The van der Waals surface area contributed by atoms with Crippen LogP contribution in [0.5, 0.6) is 0 Å². The van der Waals surface area contributed by atoms with Gasteiger partial charge < -0.3 is 5.32 Å². The van der Waals surface area contributed by atoms with Crippen LogP contribution in [0.15, 0.2) is 12.4 Å². The molecule has 23 heavy (non-hydrogen) atoms. The number of aromatic nitrogens is 4. The Labute approximate surface area is 131 Å². The molecule has 0 saturated carbocycles. The fourth-order valence-electron chi connectivity index (χ4n) is 2.89. The van der Waals surface area contributed by atoms with E-state index in [9.17, 15) is 13.2 Å². The Hall–Kier alpha value is -1.90. The summed E-state index contributed by atoms with van der Waals surface area (Å²) in [5.74, 6) is 1.49. The number of nitrogens with zero attached hydrogens (tertiary/aromatic N) is 5. The lowest BCUT2D eigenvalue weighted by molar-refractivity contribution is -0.143. The van der Waals surface area contributed by atoms with Crippen LogP contribution in [0.4, 0.5) is 19.0 Å². The molecule has 0 amide bonds. The molecule has 1 fully saturated rings. The van der Waals surface area contributed by atoms with Crippen LogP contribution in [0.1, 0.15) is 19.0 Å². The molecule has 1 aliphatic heterocycles. The monoisotopic (exact) mass is 328 g/mol. The molecule has 0 radical (unpaired) electrons. The molecule has 126 valence electrons. The van der Waals surface area contributed by atoms with Gasteiger partial charge in [-0.2, -0.15) is 27.8 Å². The minimum absolute atomic E-state index is 0.189. The topological polar surface area (TPSA) is 58.4 Å². The third kappa shape index (κ3) is 3.90. The van der Waals surface area contributed by atoms with Gasteiger partial charge in [-0.3, -0.25) is 4.90 Å². The van der Waals surface area contributed by atoms with Crippen molar-refractivity contribution in [1.29, 1.82) is 0 Å². The van der Waals surface area contributed by atoms with Crippen molar-refractivity contribution >= 4 is 11.6 Å². The first-order chi connectivity index (χ1) is 10.9. The summed E-state index contributed by atoms with van der Waals surface area (Å²) in [6, 6.07) is 1.91. The second-order valence-electron chi connectivity index (χ2n) is 5.84. The lowest BCUT2D eigenvalue weighted by atomic mass is 10.1. The van der Waals surface area contributed by atoms with Crippen LogP contribution in [0.3, 0.4) is 0 Å². The molecular weight excluding hydrogens is 309 g/mol. The molecule has 1 N–H and O–H groups in total. The number of rotatable bonds is 5. The van der Waals surface area contributed by atoms with Gasteiger partial charge in [-0.25, -0.2) is 4.98 Å². The number of anilines is 1. The van der Waals surface area contributed by atoms with E-state index < -0.39 is 12.7 Å². The van der Waals surface area contributed by atoms with Crippen molar-refractivity contribution in [2.45, 2.75) is 25.9 Å². The van der Waals surface area contributed by atoms with Gasteiger partial charge in [0.1, 0.15) is 12.1 Å². The van der Waals surface area contributed by atoms with E-state index in [2.05, 4.69) is 20.4 Å². The SMILES string of the molecule is CCc1cc(NC[C@H]2CCN(CC(F)(F)F)C2)n2ncnc2n1. The summed E-state index contributed by atoms with van der Waals surface area (Å²) >= 11 is 0. The van der Waals surface area contributed by atoms with Crippen LogP contribution in [0.25, 0.3) is 5.78 Å². The van der Waals surface area contributed by atoms with E-state index in [1.54, 1.807) is 4.52 Å². The molecule has 0 spiro atoms. The van der Waals surface area contributed by atoms with E-state index in [4.69, 9.17) is 0 Å². The molecule has 1 atom stereocenters. The Morgan fingerprint density at radius 2 is 2.22 bits per heavy atom. The van der Waals surface area contributed by atoms with Gasteiger partial charge in [0.25, 0.3) is 5.78 Å². The Balaban J connectivity index is 1.62. The highest BCUT2D eigenvalue weighted by molar-refractivity contribution is 5.45. The largest absolute Gasteiger partial charge is 0.401 e. The van der Waals surface area contributed by atoms with E-state index in [-0.39, 0.29) is 5.92 Å². The molecule has 0 unspecified atom stereocenters. The third-order valence-corrected chi connectivity index (χ3v) is 4.01. The first-order valence-electron chi connectivity index (χ1n) is 7.67. The van der Waals surface area contributed by atoms with Crippen molar-refractivity contribution in [1.82, 2.24) is 24.5 Å². The molecule has 2 aromatic rings. The van der Waals surface area contributed by atoms with Gasteiger partial charge in [0.2, 0.25) is 0 Å². The third-order valence-electron chi connectivity index (χ3n) is 4.01. The van der Waals surface area contributed by atoms with Crippen molar-refractivity contribution in [3.8, 4) is 0 Å². The van der Waals surface area contributed by atoms with E-state index in [0.29, 0.717) is 25.4 Å². The molecule has 1 aliphatic rings. The van der Waals surface area contributed by atoms with Crippen molar-refractivity contribution < 1.29 is 13.2 Å². The van der Waals surface area contributed by atoms with Crippen LogP contribution < -0.4 is 5.32 Å². The molecule has 1 saturated heterocycles. The Morgan fingerprint density at radius 1 is 1.39 bits per heavy atom. The average Bonchev–Trinajstić information content (AvgIpc) is 3.11. The molecule has 0 aliphatic carbocycles. The number of alkyl halides is 3. The summed E-state index contributed by atoms with van der Waals surface area (Å²) in [6.45, 7) is 2.73. The highest BCUT2D eigenvalue weighted by atomic mass is 19.4. The minimum Gasteiger partial charge on any atom is -0.370 e. The summed E-state index contributed by atoms with van der Waals surface area (Å²) in [6.07, 6.45) is -1.15. The highest BCUT2D eigenvalue weighted by Crippen LogP contribution is 2.23. The molecule has 0 aromatic carbocycles. The van der Waals surface area contributed by atoms with Crippen LogP contribution in [0, 0.1) is 5.92 Å². The summed E-state index contributed by atoms with van der Waals surface area (Å²) in [5, 5.41) is 7.41. The van der Waals surface area contributed by atoms with Gasteiger partial charge in [0, 0.05) is 24.8 Å². The van der Waals surface area contributed by atoms with Gasteiger partial charge in [-0.15, -0.1) is 0 Å². The zero-order chi connectivity index (χ0) is 16.4. The maximum absolute atomic E-state index is 12.4. The van der Waals surface area contributed by atoms with Crippen LogP contribution in [-0.2, 0) is 6.42 Å². The summed E-state index contributed by atoms with van der Waals surface area (Å²) in [4.78, 5) is 9.91. The molecular formula is C14H19F3N6. The van der Waals surface area contributed by atoms with Crippen molar-refractivity contribution in [2.75, 3.05) is 31.5 Å². The maximum Gasteiger partial charge on any atom is 0.401 e. The Kier molecular flexibility index (Phi) is 4.38. The molecule has 3 heterocycles. The van der Waals surface area contributed by atoms with E-state index in [0.717, 1.165) is 24.4 Å². The number of nitrogens with one attached hydrogen (secondary N) is 1. The van der Waals surface area contributed by atoms with Gasteiger partial charge in [0.15, 0.2) is 0 Å².